The van der Waals surface area contributed by atoms with Crippen LogP contribution in [0.15, 0.2) is 29.2 Å². The van der Waals surface area contributed by atoms with E-state index in [1.807, 2.05) is 0 Å². The minimum absolute atomic E-state index is 0.00193. The van der Waals surface area contributed by atoms with E-state index in [0.29, 0.717) is 32.1 Å². The van der Waals surface area contributed by atoms with Crippen LogP contribution in [0.3, 0.4) is 0 Å². The van der Waals surface area contributed by atoms with Gasteiger partial charge in [-0.1, -0.05) is 6.07 Å². The second-order valence-corrected chi connectivity index (χ2v) is 9.53. The molecule has 0 bridgehead atoms. The SMILES string of the molecule is CCOCCOC(=O)OCOc1c2n(cc(C(=O)NCc3ccc(F)cc3F)c1=O)C[C@@H]1OCCC[C@]1(C)C2=O. The number of ether oxygens (including phenoxy) is 5. The zero-order valence-corrected chi connectivity index (χ0v) is 22.1. The van der Waals surface area contributed by atoms with Gasteiger partial charge in [0, 0.05) is 37.6 Å². The Morgan fingerprint density at radius 3 is 2.75 bits per heavy atom. The van der Waals surface area contributed by atoms with Crippen LogP contribution in [0.2, 0.25) is 0 Å². The fourth-order valence-electron chi connectivity index (χ4n) is 4.73. The number of ketones is 1. The lowest BCUT2D eigenvalue weighted by atomic mass is 9.71. The summed E-state index contributed by atoms with van der Waals surface area (Å²) < 4.78 is 54.8. The van der Waals surface area contributed by atoms with Gasteiger partial charge in [-0.05, 0) is 32.8 Å². The number of rotatable bonds is 10. The zero-order chi connectivity index (χ0) is 28.9. The smallest absolute Gasteiger partial charge is 0.451 e. The number of hydrogen-bond donors (Lipinski definition) is 1. The van der Waals surface area contributed by atoms with Gasteiger partial charge >= 0.3 is 6.16 Å². The predicted molar refractivity (Wildman–Crippen MR) is 134 cm³/mol. The fourth-order valence-corrected chi connectivity index (χ4v) is 4.73. The largest absolute Gasteiger partial charge is 0.511 e. The topological polar surface area (TPSA) is 131 Å². The van der Waals surface area contributed by atoms with Gasteiger partial charge in [0.25, 0.3) is 5.91 Å². The minimum Gasteiger partial charge on any atom is -0.451 e. The van der Waals surface area contributed by atoms with E-state index in [0.717, 1.165) is 6.07 Å². The molecule has 13 heteroatoms. The molecule has 2 aliphatic heterocycles. The molecule has 0 aliphatic carbocycles. The molecule has 0 unspecified atom stereocenters. The Bertz CT molecular complexity index is 1350. The summed E-state index contributed by atoms with van der Waals surface area (Å²) in [6.45, 7) is 3.59. The standard InChI is InChI=1S/C27H30F2N2O9/c1-3-36-9-10-38-26(35)40-15-39-23-21-24(33)27(2)7-4-8-37-20(27)14-31(21)13-18(22(23)32)25(34)30-12-16-5-6-17(28)11-19(16)29/h5-6,11,13,20H,3-4,7-10,12,14-15H2,1-2H3,(H,30,34)/t20-,27-/m0/s1. The first-order chi connectivity index (χ1) is 19.2. The van der Waals surface area contributed by atoms with E-state index >= 15 is 0 Å². The van der Waals surface area contributed by atoms with Crippen molar-refractivity contribution >= 4 is 17.8 Å². The molecule has 1 fully saturated rings. The number of hydrogen-bond acceptors (Lipinski definition) is 9. The summed E-state index contributed by atoms with van der Waals surface area (Å²) in [7, 11) is 0. The first-order valence-corrected chi connectivity index (χ1v) is 12.8. The van der Waals surface area contributed by atoms with E-state index in [2.05, 4.69) is 5.32 Å². The second kappa shape index (κ2) is 12.6. The van der Waals surface area contributed by atoms with Crippen molar-refractivity contribution in [3.05, 3.63) is 63.1 Å². The molecule has 1 saturated heterocycles. The maximum atomic E-state index is 14.0. The van der Waals surface area contributed by atoms with Gasteiger partial charge in [0.1, 0.15) is 29.5 Å². The third-order valence-corrected chi connectivity index (χ3v) is 6.94. The van der Waals surface area contributed by atoms with E-state index in [1.165, 1.54) is 16.8 Å². The molecule has 1 N–H and O–H groups in total. The highest BCUT2D eigenvalue weighted by Gasteiger charge is 2.50. The maximum Gasteiger partial charge on any atom is 0.511 e. The van der Waals surface area contributed by atoms with Gasteiger partial charge in [-0.25, -0.2) is 13.6 Å². The third-order valence-electron chi connectivity index (χ3n) is 6.94. The normalized spacial score (nSPS) is 19.8. The van der Waals surface area contributed by atoms with Gasteiger partial charge in [-0.15, -0.1) is 0 Å². The van der Waals surface area contributed by atoms with Crippen LogP contribution in [0.5, 0.6) is 5.75 Å². The molecule has 0 radical (unpaired) electrons. The minimum atomic E-state index is -1.08. The number of amides is 1. The number of Topliss-reactive ketones (excluding diaryl/α,β-unsaturated/α-hetero) is 1. The van der Waals surface area contributed by atoms with Crippen LogP contribution in [0.4, 0.5) is 13.6 Å². The number of halogens is 2. The molecule has 1 amide bonds. The van der Waals surface area contributed by atoms with Gasteiger partial charge in [-0.2, -0.15) is 0 Å². The zero-order valence-electron chi connectivity index (χ0n) is 22.1. The third kappa shape index (κ3) is 6.15. The van der Waals surface area contributed by atoms with Crippen molar-refractivity contribution < 1.29 is 46.8 Å². The number of pyridine rings is 1. The van der Waals surface area contributed by atoms with E-state index in [9.17, 15) is 28.0 Å². The molecule has 0 saturated carbocycles. The molecule has 2 aromatic rings. The number of fused-ring (bicyclic) bond motifs is 2. The summed E-state index contributed by atoms with van der Waals surface area (Å²) in [5.41, 5.74) is -2.33. The van der Waals surface area contributed by atoms with Gasteiger partial charge in [0.15, 0.2) is 11.5 Å². The monoisotopic (exact) mass is 564 g/mol. The van der Waals surface area contributed by atoms with Crippen LogP contribution in [0.1, 0.15) is 53.1 Å². The second-order valence-electron chi connectivity index (χ2n) is 9.53. The summed E-state index contributed by atoms with van der Waals surface area (Å²) in [6.07, 6.45) is 0.814. The van der Waals surface area contributed by atoms with Crippen molar-refractivity contribution in [3.63, 3.8) is 0 Å². The van der Waals surface area contributed by atoms with E-state index in [4.69, 9.17) is 23.7 Å². The highest BCUT2D eigenvalue weighted by atomic mass is 19.1. The van der Waals surface area contributed by atoms with Crippen LogP contribution >= 0.6 is 0 Å². The van der Waals surface area contributed by atoms with E-state index < -0.39 is 64.5 Å². The van der Waals surface area contributed by atoms with Gasteiger partial charge in [-0.3, -0.25) is 14.4 Å². The molecule has 1 aromatic carbocycles. The summed E-state index contributed by atoms with van der Waals surface area (Å²) in [6, 6.07) is 2.89. The van der Waals surface area contributed by atoms with Crippen molar-refractivity contribution in [3.8, 4) is 5.75 Å². The molecule has 2 aliphatic rings. The molecule has 40 heavy (non-hydrogen) atoms. The Balaban J connectivity index is 1.59. The average molecular weight is 565 g/mol. The Labute approximate surface area is 228 Å². The van der Waals surface area contributed by atoms with Crippen molar-refractivity contribution in [2.45, 2.75) is 45.9 Å². The number of aromatic nitrogens is 1. The maximum absolute atomic E-state index is 14.0. The summed E-state index contributed by atoms with van der Waals surface area (Å²) in [4.78, 5) is 52.0. The van der Waals surface area contributed by atoms with Crippen LogP contribution < -0.4 is 15.5 Å². The highest BCUT2D eigenvalue weighted by Crippen LogP contribution is 2.42. The van der Waals surface area contributed by atoms with Crippen LogP contribution in [-0.4, -0.2) is 61.7 Å². The van der Waals surface area contributed by atoms with Crippen LogP contribution in [0.25, 0.3) is 0 Å². The van der Waals surface area contributed by atoms with Gasteiger partial charge < -0.3 is 33.6 Å². The van der Waals surface area contributed by atoms with Gasteiger partial charge in [0.2, 0.25) is 12.2 Å². The number of benzene rings is 1. The fraction of sp³-hybridized carbons (Fsp3) is 0.481. The molecule has 0 spiro atoms. The lowest BCUT2D eigenvalue weighted by Crippen LogP contribution is -2.52. The molecule has 3 heterocycles. The summed E-state index contributed by atoms with van der Waals surface area (Å²) >= 11 is 0. The van der Waals surface area contributed by atoms with E-state index in [1.54, 1.807) is 13.8 Å². The Morgan fingerprint density at radius 2 is 2.00 bits per heavy atom. The molecule has 1 aromatic heterocycles. The summed E-state index contributed by atoms with van der Waals surface area (Å²) in [5.74, 6) is -3.40. The van der Waals surface area contributed by atoms with E-state index in [-0.39, 0.29) is 37.6 Å². The Kier molecular flexibility index (Phi) is 9.15. The molecule has 2 atom stereocenters. The predicted octanol–water partition coefficient (Wildman–Crippen LogP) is 2.96. The summed E-state index contributed by atoms with van der Waals surface area (Å²) in [5, 5.41) is 2.43. The number of carbonyl (C=O) groups excluding carboxylic acids is 3. The Morgan fingerprint density at radius 1 is 1.20 bits per heavy atom. The number of carbonyl (C=O) groups is 3. The van der Waals surface area contributed by atoms with Crippen molar-refractivity contribution in [1.82, 2.24) is 9.88 Å². The molecular formula is C27H30F2N2O9. The van der Waals surface area contributed by atoms with Crippen LogP contribution in [-0.2, 0) is 32.0 Å². The quantitative estimate of drug-likeness (QED) is 0.263. The van der Waals surface area contributed by atoms with Crippen molar-refractivity contribution in [2.75, 3.05) is 33.2 Å². The van der Waals surface area contributed by atoms with Gasteiger partial charge in [0.05, 0.1) is 24.7 Å². The lowest BCUT2D eigenvalue weighted by molar-refractivity contribution is -0.0743. The van der Waals surface area contributed by atoms with Crippen molar-refractivity contribution in [1.29, 1.82) is 0 Å². The number of nitrogens with zero attached hydrogens (tertiary/aromatic N) is 1. The molecule has 11 nitrogen and oxygen atoms in total. The van der Waals surface area contributed by atoms with Crippen molar-refractivity contribution in [2.24, 2.45) is 5.41 Å². The Hall–Kier alpha value is -3.84. The highest BCUT2D eigenvalue weighted by molar-refractivity contribution is 6.03. The molecule has 4 rings (SSSR count). The lowest BCUT2D eigenvalue weighted by Gasteiger charge is -2.44. The first-order valence-electron chi connectivity index (χ1n) is 12.8. The molecular weight excluding hydrogens is 534 g/mol. The van der Waals surface area contributed by atoms with Crippen LogP contribution in [0, 0.1) is 17.0 Å². The first kappa shape index (κ1) is 29.2. The average Bonchev–Trinajstić information content (AvgIpc) is 2.92. The molecule has 216 valence electrons. The number of nitrogens with one attached hydrogen (secondary N) is 1.